The Labute approximate surface area is 324 Å². The van der Waals surface area contributed by atoms with Crippen molar-refractivity contribution in [3.63, 3.8) is 0 Å². The van der Waals surface area contributed by atoms with Crippen LogP contribution in [-0.2, 0) is 55.3 Å². The second kappa shape index (κ2) is 16.0. The van der Waals surface area contributed by atoms with Crippen LogP contribution >= 0.6 is 0 Å². The van der Waals surface area contributed by atoms with Gasteiger partial charge in [0, 0.05) is 30.2 Å². The number of fused-ring (bicyclic) bond motifs is 4. The molecule has 2 bridgehead atoms. The van der Waals surface area contributed by atoms with Crippen LogP contribution in [0.4, 0.5) is 13.2 Å². The molecular weight excluding hydrogens is 755 g/mol. The van der Waals surface area contributed by atoms with Gasteiger partial charge in [0.05, 0.1) is 19.3 Å². The van der Waals surface area contributed by atoms with Gasteiger partial charge in [-0.3, -0.25) is 19.2 Å². The van der Waals surface area contributed by atoms with Crippen LogP contribution in [0.3, 0.4) is 0 Å². The first kappa shape index (κ1) is 40.0. The average molecular weight is 796 g/mol. The van der Waals surface area contributed by atoms with Crippen molar-refractivity contribution in [3.05, 3.63) is 113 Å². The van der Waals surface area contributed by atoms with Gasteiger partial charge >= 0.3 is 18.1 Å². The van der Waals surface area contributed by atoms with Gasteiger partial charge in [-0.15, -0.1) is 0 Å². The fourth-order valence-electron chi connectivity index (χ4n) is 8.03. The highest BCUT2D eigenvalue weighted by Gasteiger charge is 2.76. The van der Waals surface area contributed by atoms with E-state index in [2.05, 4.69) is 15.4 Å². The fraction of sp³-hybridized carbons (Fsp3) is 0.400. The molecule has 14 nitrogen and oxygen atoms in total. The minimum atomic E-state index is -4.71. The van der Waals surface area contributed by atoms with Crippen LogP contribution in [0.2, 0.25) is 0 Å². The van der Waals surface area contributed by atoms with Crippen molar-refractivity contribution in [2.24, 2.45) is 5.41 Å². The van der Waals surface area contributed by atoms with Crippen molar-refractivity contribution in [1.82, 2.24) is 15.7 Å². The molecule has 4 N–H and O–H groups in total. The minimum absolute atomic E-state index is 0.141. The van der Waals surface area contributed by atoms with Gasteiger partial charge in [-0.25, -0.2) is 4.79 Å². The molecule has 57 heavy (non-hydrogen) atoms. The maximum Gasteiger partial charge on any atom is 0.422 e. The Hall–Kier alpha value is -5.17. The Morgan fingerprint density at radius 2 is 1.61 bits per heavy atom. The summed E-state index contributed by atoms with van der Waals surface area (Å²) in [5.41, 5.74) is 0.224. The van der Waals surface area contributed by atoms with E-state index in [1.165, 1.54) is 18.1 Å². The highest BCUT2D eigenvalue weighted by molar-refractivity contribution is 5.96. The number of benzene rings is 3. The van der Waals surface area contributed by atoms with Crippen LogP contribution in [0.1, 0.15) is 35.6 Å². The second-order valence-electron chi connectivity index (χ2n) is 14.2. The summed E-state index contributed by atoms with van der Waals surface area (Å²) in [4.78, 5) is 61.0. The number of hydrogen-bond acceptors (Lipinski definition) is 12. The Morgan fingerprint density at radius 1 is 0.982 bits per heavy atom. The lowest BCUT2D eigenvalue weighted by molar-refractivity contribution is -0.213. The van der Waals surface area contributed by atoms with Gasteiger partial charge in [-0.1, -0.05) is 84.9 Å². The zero-order valence-electron chi connectivity index (χ0n) is 30.5. The van der Waals surface area contributed by atoms with E-state index in [-0.39, 0.29) is 19.5 Å². The number of hydroxylamine groups is 2. The van der Waals surface area contributed by atoms with E-state index in [1.54, 1.807) is 24.3 Å². The van der Waals surface area contributed by atoms with Gasteiger partial charge < -0.3 is 39.8 Å². The Kier molecular flexibility index (Phi) is 11.2. The van der Waals surface area contributed by atoms with Crippen LogP contribution in [0.15, 0.2) is 91.0 Å². The maximum absolute atomic E-state index is 14.9. The number of carbonyl (C=O) groups is 4. The van der Waals surface area contributed by atoms with E-state index in [1.807, 2.05) is 60.7 Å². The molecule has 0 unspecified atom stereocenters. The number of esters is 2. The molecule has 3 saturated heterocycles. The molecule has 0 aromatic heterocycles. The lowest BCUT2D eigenvalue weighted by atomic mass is 9.62. The first-order valence-corrected chi connectivity index (χ1v) is 18.2. The standard InChI is InChI=1S/C40H40F3N3O11/c1-23(48)30(35(50)44-18-19-47)45-37(52)38-20-28-31-32(56-40(55-31,26-12-4-2-5-13-26)27-14-6-3-7-15-27)34(38)57-46(33(38)36(51)54-28)21-25-11-9-8-10-24(25)16-17-29(49)53-22-39(41,42)43/h2-17,23,28,30-34,47-48H,18-22H2,1H3,(H,44,50)(H,45,52)/t23-,28+,30+,31-,32-,33-,34+,38-/m0/s1. The zero-order valence-corrected chi connectivity index (χ0v) is 30.5. The van der Waals surface area contributed by atoms with Crippen molar-refractivity contribution in [2.75, 3.05) is 19.8 Å². The summed E-state index contributed by atoms with van der Waals surface area (Å²) < 4.78 is 62.0. The number of carbonyl (C=O) groups excluding carboxylic acids is 4. The van der Waals surface area contributed by atoms with Gasteiger partial charge in [0.25, 0.3) is 0 Å². The van der Waals surface area contributed by atoms with Crippen molar-refractivity contribution in [1.29, 1.82) is 0 Å². The summed E-state index contributed by atoms with van der Waals surface area (Å²) in [6.07, 6.45) is -8.48. The molecule has 3 aromatic carbocycles. The summed E-state index contributed by atoms with van der Waals surface area (Å²) in [6.45, 7) is -1.21. The van der Waals surface area contributed by atoms with Gasteiger partial charge in [-0.05, 0) is 24.1 Å². The van der Waals surface area contributed by atoms with Crippen LogP contribution in [0.25, 0.3) is 6.08 Å². The highest BCUT2D eigenvalue weighted by atomic mass is 19.4. The minimum Gasteiger partial charge on any atom is -0.458 e. The van der Waals surface area contributed by atoms with E-state index in [4.69, 9.17) is 19.0 Å². The van der Waals surface area contributed by atoms with Crippen molar-refractivity contribution >= 4 is 29.8 Å². The number of rotatable bonds is 13. The van der Waals surface area contributed by atoms with Crippen molar-refractivity contribution in [2.45, 2.75) is 74.5 Å². The molecule has 3 aliphatic heterocycles. The van der Waals surface area contributed by atoms with E-state index >= 15 is 0 Å². The number of nitrogens with zero attached hydrogens (tertiary/aromatic N) is 1. The Bertz CT molecular complexity index is 1960. The number of aliphatic hydroxyl groups is 2. The van der Waals surface area contributed by atoms with Crippen molar-refractivity contribution < 1.29 is 66.3 Å². The van der Waals surface area contributed by atoms with Crippen molar-refractivity contribution in [3.8, 4) is 0 Å². The molecule has 3 heterocycles. The Morgan fingerprint density at radius 3 is 2.25 bits per heavy atom. The van der Waals surface area contributed by atoms with Gasteiger partial charge in [-0.2, -0.15) is 18.2 Å². The third-order valence-corrected chi connectivity index (χ3v) is 10.5. The molecule has 4 fully saturated rings. The summed E-state index contributed by atoms with van der Waals surface area (Å²) in [5, 5.41) is 26.3. The first-order valence-electron chi connectivity index (χ1n) is 18.2. The van der Waals surface area contributed by atoms with Crippen LogP contribution in [-0.4, -0.2) is 108 Å². The predicted molar refractivity (Wildman–Crippen MR) is 191 cm³/mol. The number of aliphatic hydroxyl groups excluding tert-OH is 2. The van der Waals surface area contributed by atoms with E-state index in [0.29, 0.717) is 22.3 Å². The van der Waals surface area contributed by atoms with E-state index in [0.717, 1.165) is 6.08 Å². The maximum atomic E-state index is 14.9. The molecule has 17 heteroatoms. The molecule has 1 saturated carbocycles. The number of ether oxygens (including phenoxy) is 4. The smallest absolute Gasteiger partial charge is 0.422 e. The zero-order chi connectivity index (χ0) is 40.5. The molecule has 8 atom stereocenters. The summed E-state index contributed by atoms with van der Waals surface area (Å²) >= 11 is 0. The highest BCUT2D eigenvalue weighted by Crippen LogP contribution is 2.59. The Balaban J connectivity index is 1.28. The fourth-order valence-corrected chi connectivity index (χ4v) is 8.03. The predicted octanol–water partition coefficient (Wildman–Crippen LogP) is 2.26. The SMILES string of the molecule is C[C@H](O)[C@@H](NC(=O)[C@@]12C[C@H]3OC(=O)[C@@H]1N(Cc1ccccc1C=CC(=O)OCC(F)(F)F)O[C@@H]2[C@H]1OC(c2ccccc2)(c2ccccc2)O[C@H]13)C(=O)NCCO. The normalized spacial score (nSPS) is 27.3. The molecule has 7 rings (SSSR count). The second-order valence-corrected chi connectivity index (χ2v) is 14.2. The lowest BCUT2D eigenvalue weighted by Crippen LogP contribution is -2.71. The average Bonchev–Trinajstić information content (AvgIpc) is 3.78. The van der Waals surface area contributed by atoms with E-state index < -0.39 is 96.9 Å². The lowest BCUT2D eigenvalue weighted by Gasteiger charge is -2.49. The summed E-state index contributed by atoms with van der Waals surface area (Å²) in [6, 6.07) is 21.7. The monoisotopic (exact) mass is 795 g/mol. The van der Waals surface area contributed by atoms with E-state index in [9.17, 15) is 42.6 Å². The number of halogens is 3. The third kappa shape index (κ3) is 7.65. The third-order valence-electron chi connectivity index (χ3n) is 10.5. The largest absolute Gasteiger partial charge is 0.458 e. The number of alkyl halides is 3. The molecule has 302 valence electrons. The van der Waals surface area contributed by atoms with Crippen LogP contribution in [0.5, 0.6) is 0 Å². The molecule has 2 amide bonds. The molecule has 4 aliphatic rings. The van der Waals surface area contributed by atoms with Crippen LogP contribution in [0, 0.1) is 5.41 Å². The topological polar surface area (TPSA) is 182 Å². The quantitative estimate of drug-likeness (QED) is 0.147. The molecule has 0 radical (unpaired) electrons. The molecular formula is C40H40F3N3O11. The van der Waals surface area contributed by atoms with Gasteiger partial charge in [0.2, 0.25) is 17.6 Å². The van der Waals surface area contributed by atoms with Gasteiger partial charge in [0.15, 0.2) is 12.6 Å². The number of hydrogen-bond donors (Lipinski definition) is 4. The molecule has 3 aromatic rings. The number of nitrogens with one attached hydrogen (secondary N) is 2. The van der Waals surface area contributed by atoms with Crippen LogP contribution < -0.4 is 10.6 Å². The molecule has 0 spiro atoms. The summed E-state index contributed by atoms with van der Waals surface area (Å²) in [5.74, 6) is -5.21. The summed E-state index contributed by atoms with van der Waals surface area (Å²) in [7, 11) is 0. The van der Waals surface area contributed by atoms with Gasteiger partial charge in [0.1, 0.15) is 35.9 Å². The number of amides is 2. The molecule has 1 aliphatic carbocycles. The first-order chi connectivity index (χ1) is 27.3.